The summed E-state index contributed by atoms with van der Waals surface area (Å²) in [6.07, 6.45) is -0.0632. The second-order valence-electron chi connectivity index (χ2n) is 10.7. The zero-order chi connectivity index (χ0) is 28.1. The molecule has 1 heterocycles. The van der Waals surface area contributed by atoms with Crippen LogP contribution in [0.25, 0.3) is 0 Å². The molecule has 10 nitrogen and oxygen atoms in total. The summed E-state index contributed by atoms with van der Waals surface area (Å²) in [5.74, 6) is -3.76. The van der Waals surface area contributed by atoms with Crippen LogP contribution in [0, 0.1) is 27.4 Å². The van der Waals surface area contributed by atoms with Gasteiger partial charge < -0.3 is 9.16 Å². The van der Waals surface area contributed by atoms with E-state index in [4.69, 9.17) is 9.16 Å². The SMILES string of the molecule is CC(C)SC(=O)C[C@@H]1[C@@H]([C@@H](CO[SiH](C)C)C(C)(C)C)C(=O)N1C(=O)C(=O)OCc1ccc([N+](=O)[O-])cc1. The average molecular weight is 553 g/mol. The molecule has 0 N–H and O–H groups in total. The van der Waals surface area contributed by atoms with Gasteiger partial charge in [-0.15, -0.1) is 0 Å². The van der Waals surface area contributed by atoms with E-state index in [1.807, 2.05) is 47.7 Å². The van der Waals surface area contributed by atoms with Crippen LogP contribution in [0.4, 0.5) is 5.69 Å². The first-order valence-electron chi connectivity index (χ1n) is 12.2. The predicted molar refractivity (Wildman–Crippen MR) is 142 cm³/mol. The molecular formula is C25H36N2O8SSi. The molecule has 2 rings (SSSR count). The van der Waals surface area contributed by atoms with E-state index in [1.165, 1.54) is 24.3 Å². The summed E-state index contributed by atoms with van der Waals surface area (Å²) in [5.41, 5.74) is -0.0168. The Morgan fingerprint density at radius 1 is 1.16 bits per heavy atom. The third-order valence-corrected chi connectivity index (χ3v) is 7.84. The molecule has 0 aromatic heterocycles. The van der Waals surface area contributed by atoms with Crippen LogP contribution in [0.2, 0.25) is 13.1 Å². The van der Waals surface area contributed by atoms with E-state index >= 15 is 0 Å². The Morgan fingerprint density at radius 2 is 1.76 bits per heavy atom. The molecule has 0 spiro atoms. The van der Waals surface area contributed by atoms with Gasteiger partial charge >= 0.3 is 11.9 Å². The van der Waals surface area contributed by atoms with Crippen molar-refractivity contribution in [2.75, 3.05) is 6.61 Å². The van der Waals surface area contributed by atoms with Gasteiger partial charge in [-0.2, -0.15) is 0 Å². The number of hydrogen-bond donors (Lipinski definition) is 0. The molecule has 0 bridgehead atoms. The molecule has 1 aromatic carbocycles. The Bertz CT molecular complexity index is 1020. The van der Waals surface area contributed by atoms with Crippen LogP contribution in [-0.2, 0) is 34.9 Å². The minimum Gasteiger partial charge on any atom is -0.454 e. The van der Waals surface area contributed by atoms with E-state index in [0.29, 0.717) is 12.2 Å². The second kappa shape index (κ2) is 12.8. The molecule has 1 aliphatic rings. The lowest BCUT2D eigenvalue weighted by molar-refractivity contribution is -0.384. The van der Waals surface area contributed by atoms with Crippen LogP contribution < -0.4 is 0 Å². The van der Waals surface area contributed by atoms with Gasteiger partial charge in [0.25, 0.3) is 5.69 Å². The number of imide groups is 1. The molecule has 204 valence electrons. The number of esters is 1. The number of β-lactam (4-membered cyclic amide) rings is 1. The molecule has 12 heteroatoms. The van der Waals surface area contributed by atoms with Gasteiger partial charge in [-0.1, -0.05) is 46.4 Å². The summed E-state index contributed by atoms with van der Waals surface area (Å²) in [6.45, 7) is 13.8. The smallest absolute Gasteiger partial charge is 0.397 e. The molecule has 37 heavy (non-hydrogen) atoms. The van der Waals surface area contributed by atoms with Gasteiger partial charge in [0.2, 0.25) is 5.91 Å². The molecule has 0 aliphatic carbocycles. The Morgan fingerprint density at radius 3 is 2.24 bits per heavy atom. The van der Waals surface area contributed by atoms with E-state index in [9.17, 15) is 29.3 Å². The molecule has 1 aliphatic heterocycles. The summed E-state index contributed by atoms with van der Waals surface area (Å²) < 4.78 is 11.1. The number of amides is 2. The van der Waals surface area contributed by atoms with Crippen molar-refractivity contribution in [1.29, 1.82) is 0 Å². The maximum atomic E-state index is 13.3. The minimum atomic E-state index is -1.39. The van der Waals surface area contributed by atoms with E-state index in [-0.39, 0.29) is 40.4 Å². The van der Waals surface area contributed by atoms with Crippen molar-refractivity contribution in [2.45, 2.75) is 72.0 Å². The summed E-state index contributed by atoms with van der Waals surface area (Å²) in [5, 5.41) is 10.7. The number of hydrogen-bond acceptors (Lipinski definition) is 9. The van der Waals surface area contributed by atoms with Crippen molar-refractivity contribution in [2.24, 2.45) is 17.3 Å². The van der Waals surface area contributed by atoms with Crippen molar-refractivity contribution in [3.8, 4) is 0 Å². The fourth-order valence-corrected chi connectivity index (χ4v) is 5.55. The van der Waals surface area contributed by atoms with Crippen molar-refractivity contribution >= 4 is 49.4 Å². The predicted octanol–water partition coefficient (Wildman–Crippen LogP) is 3.71. The number of likely N-dealkylation sites (tertiary alicyclic amines) is 1. The van der Waals surface area contributed by atoms with Gasteiger partial charge in [0, 0.05) is 30.4 Å². The molecule has 3 atom stereocenters. The van der Waals surface area contributed by atoms with Gasteiger partial charge in [0.1, 0.15) is 6.61 Å². The number of carbonyl (C=O) groups excluding carboxylic acids is 4. The quantitative estimate of drug-likeness (QED) is 0.106. The highest BCUT2D eigenvalue weighted by Gasteiger charge is 2.57. The Labute approximate surface area is 223 Å². The highest BCUT2D eigenvalue weighted by molar-refractivity contribution is 8.14. The van der Waals surface area contributed by atoms with Crippen LogP contribution in [0.15, 0.2) is 24.3 Å². The Kier molecular flexibility index (Phi) is 10.6. The maximum Gasteiger partial charge on any atom is 0.397 e. The standard InChI is InChI=1S/C25H36N2O8SSi/c1-15(2)36-20(28)12-19-21(18(25(3,4)5)14-35-37(6)7)22(29)26(19)23(30)24(31)34-13-16-8-10-17(11-9-16)27(32)33/h8-11,15,18-19,21,37H,12-14H2,1-7H3/t18-,19-,21-/m1/s1. The lowest BCUT2D eigenvalue weighted by Crippen LogP contribution is -2.68. The summed E-state index contributed by atoms with van der Waals surface area (Å²) in [6, 6.07) is 4.58. The summed E-state index contributed by atoms with van der Waals surface area (Å²) in [7, 11) is -1.39. The zero-order valence-electron chi connectivity index (χ0n) is 22.4. The number of nitro groups is 1. The second-order valence-corrected chi connectivity index (χ2v) is 14.8. The molecular weight excluding hydrogens is 516 g/mol. The first-order chi connectivity index (χ1) is 17.1. The monoisotopic (exact) mass is 552 g/mol. The topological polar surface area (TPSA) is 133 Å². The normalized spacial score (nSPS) is 18.5. The number of rotatable bonds is 10. The summed E-state index contributed by atoms with van der Waals surface area (Å²) >= 11 is 1.13. The van der Waals surface area contributed by atoms with Crippen molar-refractivity contribution in [1.82, 2.24) is 4.90 Å². The van der Waals surface area contributed by atoms with E-state index in [2.05, 4.69) is 0 Å². The number of ether oxygens (including phenoxy) is 1. The Hall–Kier alpha value is -2.57. The van der Waals surface area contributed by atoms with Gasteiger partial charge in [-0.25, -0.2) is 4.79 Å². The number of nitrogens with zero attached hydrogens (tertiary/aromatic N) is 2. The molecule has 1 aromatic rings. The first kappa shape index (κ1) is 30.6. The largest absolute Gasteiger partial charge is 0.454 e. The van der Waals surface area contributed by atoms with E-state index < -0.39 is 43.7 Å². The van der Waals surface area contributed by atoms with E-state index in [1.54, 1.807) is 0 Å². The number of thioether (sulfide) groups is 1. The van der Waals surface area contributed by atoms with Crippen LogP contribution in [-0.4, -0.2) is 59.7 Å². The van der Waals surface area contributed by atoms with Gasteiger partial charge in [0.15, 0.2) is 14.2 Å². The lowest BCUT2D eigenvalue weighted by atomic mass is 9.66. The van der Waals surface area contributed by atoms with Crippen molar-refractivity contribution in [3.05, 3.63) is 39.9 Å². The Balaban J connectivity index is 2.21. The molecule has 0 saturated carbocycles. The van der Waals surface area contributed by atoms with Crippen LogP contribution in [0.1, 0.15) is 46.6 Å². The fraction of sp³-hybridized carbons (Fsp3) is 0.600. The lowest BCUT2D eigenvalue weighted by Gasteiger charge is -2.51. The van der Waals surface area contributed by atoms with Crippen LogP contribution >= 0.6 is 11.8 Å². The zero-order valence-corrected chi connectivity index (χ0v) is 24.4. The third-order valence-electron chi connectivity index (χ3n) is 6.08. The third kappa shape index (κ3) is 8.21. The molecule has 2 amide bonds. The van der Waals surface area contributed by atoms with Gasteiger partial charge in [-0.05, 0) is 42.1 Å². The molecule has 1 saturated heterocycles. The minimum absolute atomic E-state index is 0.0335. The molecule has 1 fully saturated rings. The number of benzene rings is 1. The molecule has 0 unspecified atom stereocenters. The van der Waals surface area contributed by atoms with Gasteiger partial charge in [-0.3, -0.25) is 29.4 Å². The van der Waals surface area contributed by atoms with Crippen molar-refractivity contribution < 1.29 is 33.3 Å². The first-order valence-corrected chi connectivity index (χ1v) is 15.9. The number of nitro benzene ring substituents is 1. The van der Waals surface area contributed by atoms with Crippen LogP contribution in [0.3, 0.4) is 0 Å². The number of non-ortho nitro benzene ring substituents is 1. The summed E-state index contributed by atoms with van der Waals surface area (Å²) in [4.78, 5) is 62.7. The average Bonchev–Trinajstić information content (AvgIpc) is 2.78. The maximum absolute atomic E-state index is 13.3. The van der Waals surface area contributed by atoms with E-state index in [0.717, 1.165) is 16.7 Å². The molecule has 0 radical (unpaired) electrons. The van der Waals surface area contributed by atoms with Crippen molar-refractivity contribution in [3.63, 3.8) is 0 Å². The fourth-order valence-electron chi connectivity index (χ4n) is 4.17. The number of carbonyl (C=O) groups is 4. The highest BCUT2D eigenvalue weighted by atomic mass is 32.2. The van der Waals surface area contributed by atoms with Crippen LogP contribution in [0.5, 0.6) is 0 Å². The highest BCUT2D eigenvalue weighted by Crippen LogP contribution is 2.44. The van der Waals surface area contributed by atoms with Gasteiger partial charge in [0.05, 0.1) is 16.9 Å².